The summed E-state index contributed by atoms with van der Waals surface area (Å²) in [5.74, 6) is 2.62. The zero-order chi connectivity index (χ0) is 10.6. The minimum absolute atomic E-state index is 0.838. The molecule has 0 saturated carbocycles. The maximum absolute atomic E-state index is 5.60. The molecule has 0 aliphatic carbocycles. The van der Waals surface area contributed by atoms with Crippen molar-refractivity contribution in [2.24, 2.45) is 0 Å². The van der Waals surface area contributed by atoms with Gasteiger partial charge in [-0.15, -0.1) is 0 Å². The van der Waals surface area contributed by atoms with Gasteiger partial charge in [-0.25, -0.2) is 0 Å². The van der Waals surface area contributed by atoms with Crippen LogP contribution in [0.5, 0.6) is 11.5 Å². The molecular formula is C12H16O2. The number of allylic oxidation sites excluding steroid dienone is 2. The number of hydrogen-bond acceptors (Lipinski definition) is 2. The zero-order valence-corrected chi connectivity index (χ0v) is 9.13. The van der Waals surface area contributed by atoms with E-state index < -0.39 is 0 Å². The fourth-order valence-electron chi connectivity index (χ4n) is 0.923. The predicted molar refractivity (Wildman–Crippen MR) is 57.7 cm³/mol. The normalized spacial score (nSPS) is 9.43. The number of benzene rings is 1. The molecule has 0 unspecified atom stereocenters. The Kier molecular flexibility index (Phi) is 3.57. The molecule has 0 N–H and O–H groups in total. The lowest BCUT2D eigenvalue weighted by Gasteiger charge is -2.07. The Balaban J connectivity index is 2.74. The lowest BCUT2D eigenvalue weighted by Crippen LogP contribution is -1.92. The first kappa shape index (κ1) is 10.6. The Labute approximate surface area is 85.2 Å². The van der Waals surface area contributed by atoms with E-state index in [4.69, 9.17) is 9.47 Å². The summed E-state index contributed by atoms with van der Waals surface area (Å²) in [6, 6.07) is 7.55. The molecule has 0 bridgehead atoms. The minimum Gasteiger partial charge on any atom is -0.497 e. The summed E-state index contributed by atoms with van der Waals surface area (Å²) < 4.78 is 10.7. The van der Waals surface area contributed by atoms with Crippen molar-refractivity contribution in [3.8, 4) is 11.5 Å². The predicted octanol–water partition coefficient (Wildman–Crippen LogP) is 3.39. The molecule has 0 amide bonds. The molecule has 0 radical (unpaired) electrons. The summed E-state index contributed by atoms with van der Waals surface area (Å²) in [5.41, 5.74) is 1.18. The van der Waals surface area contributed by atoms with Gasteiger partial charge in [-0.3, -0.25) is 0 Å². The lowest BCUT2D eigenvalue weighted by molar-refractivity contribution is 0.406. The average Bonchev–Trinajstić information content (AvgIpc) is 2.19. The fourth-order valence-corrected chi connectivity index (χ4v) is 0.923. The monoisotopic (exact) mass is 192 g/mol. The van der Waals surface area contributed by atoms with Crippen LogP contribution in [0.25, 0.3) is 0 Å². The van der Waals surface area contributed by atoms with Crippen LogP contribution in [0.1, 0.15) is 20.8 Å². The van der Waals surface area contributed by atoms with Crippen LogP contribution < -0.4 is 9.47 Å². The Morgan fingerprint density at radius 1 is 0.929 bits per heavy atom. The second-order valence-corrected chi connectivity index (χ2v) is 3.33. The third kappa shape index (κ3) is 2.80. The Morgan fingerprint density at radius 2 is 1.43 bits per heavy atom. The molecule has 1 rings (SSSR count). The van der Waals surface area contributed by atoms with Crippen molar-refractivity contribution in [3.63, 3.8) is 0 Å². The van der Waals surface area contributed by atoms with E-state index >= 15 is 0 Å². The molecule has 1 aromatic carbocycles. The van der Waals surface area contributed by atoms with Crippen LogP contribution in [-0.4, -0.2) is 7.11 Å². The van der Waals surface area contributed by atoms with Crippen LogP contribution in [0.3, 0.4) is 0 Å². The van der Waals surface area contributed by atoms with Crippen molar-refractivity contribution < 1.29 is 9.47 Å². The van der Waals surface area contributed by atoms with E-state index in [2.05, 4.69) is 0 Å². The average molecular weight is 192 g/mol. The van der Waals surface area contributed by atoms with Crippen LogP contribution in [0.4, 0.5) is 0 Å². The molecule has 2 heteroatoms. The van der Waals surface area contributed by atoms with Gasteiger partial charge in [0.1, 0.15) is 11.5 Å². The smallest absolute Gasteiger partial charge is 0.127 e. The van der Waals surface area contributed by atoms with Gasteiger partial charge in [-0.05, 0) is 50.6 Å². The van der Waals surface area contributed by atoms with Crippen LogP contribution in [0, 0.1) is 0 Å². The Morgan fingerprint density at radius 3 is 1.86 bits per heavy atom. The molecule has 14 heavy (non-hydrogen) atoms. The topological polar surface area (TPSA) is 18.5 Å². The van der Waals surface area contributed by atoms with Gasteiger partial charge in [0, 0.05) is 0 Å². The van der Waals surface area contributed by atoms with Crippen LogP contribution in [-0.2, 0) is 0 Å². The van der Waals surface area contributed by atoms with Crippen molar-refractivity contribution in [2.75, 3.05) is 7.11 Å². The third-order valence-corrected chi connectivity index (χ3v) is 2.03. The molecule has 0 atom stereocenters. The van der Waals surface area contributed by atoms with E-state index in [0.717, 1.165) is 17.3 Å². The quantitative estimate of drug-likeness (QED) is 0.683. The van der Waals surface area contributed by atoms with E-state index in [1.165, 1.54) is 5.57 Å². The largest absolute Gasteiger partial charge is 0.497 e. The molecule has 0 fully saturated rings. The third-order valence-electron chi connectivity index (χ3n) is 2.03. The zero-order valence-electron chi connectivity index (χ0n) is 9.13. The van der Waals surface area contributed by atoms with Gasteiger partial charge in [0.05, 0.1) is 12.9 Å². The van der Waals surface area contributed by atoms with Gasteiger partial charge in [0.2, 0.25) is 0 Å². The highest BCUT2D eigenvalue weighted by Crippen LogP contribution is 2.19. The highest BCUT2D eigenvalue weighted by molar-refractivity contribution is 5.32. The number of rotatable bonds is 3. The summed E-state index contributed by atoms with van der Waals surface area (Å²) in [7, 11) is 1.65. The molecule has 0 heterocycles. The van der Waals surface area contributed by atoms with E-state index in [1.54, 1.807) is 7.11 Å². The van der Waals surface area contributed by atoms with Gasteiger partial charge in [0.15, 0.2) is 0 Å². The van der Waals surface area contributed by atoms with Crippen molar-refractivity contribution in [1.29, 1.82) is 0 Å². The first-order chi connectivity index (χ1) is 6.63. The number of hydrogen-bond donors (Lipinski definition) is 0. The van der Waals surface area contributed by atoms with Crippen molar-refractivity contribution in [3.05, 3.63) is 35.6 Å². The molecule has 76 valence electrons. The van der Waals surface area contributed by atoms with E-state index in [-0.39, 0.29) is 0 Å². The van der Waals surface area contributed by atoms with E-state index in [9.17, 15) is 0 Å². The van der Waals surface area contributed by atoms with Crippen LogP contribution >= 0.6 is 0 Å². The van der Waals surface area contributed by atoms with Gasteiger partial charge >= 0.3 is 0 Å². The van der Waals surface area contributed by atoms with E-state index in [1.807, 2.05) is 45.0 Å². The van der Waals surface area contributed by atoms with Gasteiger partial charge < -0.3 is 9.47 Å². The molecule has 0 saturated heterocycles. The van der Waals surface area contributed by atoms with Crippen molar-refractivity contribution >= 4 is 0 Å². The first-order valence-corrected chi connectivity index (χ1v) is 4.59. The van der Waals surface area contributed by atoms with Crippen molar-refractivity contribution in [2.45, 2.75) is 20.8 Å². The summed E-state index contributed by atoms with van der Waals surface area (Å²) in [6.45, 7) is 6.01. The maximum atomic E-state index is 5.60. The van der Waals surface area contributed by atoms with Gasteiger partial charge in [-0.1, -0.05) is 0 Å². The molecule has 2 nitrogen and oxygen atoms in total. The van der Waals surface area contributed by atoms with Crippen molar-refractivity contribution in [1.82, 2.24) is 0 Å². The minimum atomic E-state index is 0.838. The summed E-state index contributed by atoms with van der Waals surface area (Å²) in [5, 5.41) is 0. The molecular weight excluding hydrogens is 176 g/mol. The van der Waals surface area contributed by atoms with Crippen LogP contribution in [0.2, 0.25) is 0 Å². The lowest BCUT2D eigenvalue weighted by atomic mass is 10.3. The second-order valence-electron chi connectivity index (χ2n) is 3.33. The molecule has 0 aliphatic heterocycles. The molecule has 0 aromatic heterocycles. The summed E-state index contributed by atoms with van der Waals surface area (Å²) in [6.07, 6.45) is 0. The van der Waals surface area contributed by atoms with E-state index in [0.29, 0.717) is 0 Å². The van der Waals surface area contributed by atoms with Gasteiger partial charge in [-0.2, -0.15) is 0 Å². The standard InChI is InChI=1S/C12H16O2/c1-9(2)10(3)14-12-7-5-11(13-4)6-8-12/h5-8H,1-4H3. The molecule has 0 aliphatic rings. The summed E-state index contributed by atoms with van der Waals surface area (Å²) in [4.78, 5) is 0. The maximum Gasteiger partial charge on any atom is 0.127 e. The fraction of sp³-hybridized carbons (Fsp3) is 0.333. The highest BCUT2D eigenvalue weighted by atomic mass is 16.5. The highest BCUT2D eigenvalue weighted by Gasteiger charge is 1.97. The summed E-state index contributed by atoms with van der Waals surface area (Å²) >= 11 is 0. The first-order valence-electron chi connectivity index (χ1n) is 4.59. The second kappa shape index (κ2) is 4.70. The number of methoxy groups -OCH3 is 1. The number of ether oxygens (including phenoxy) is 2. The molecule has 0 spiro atoms. The Bertz CT molecular complexity index is 319. The SMILES string of the molecule is COc1ccc(OC(C)=C(C)C)cc1. The van der Waals surface area contributed by atoms with Gasteiger partial charge in [0.25, 0.3) is 0 Å². The Hall–Kier alpha value is -1.44. The van der Waals surface area contributed by atoms with Crippen LogP contribution in [0.15, 0.2) is 35.6 Å². The molecule has 1 aromatic rings.